The maximum Gasteiger partial charge on any atom is 0.256 e. The maximum absolute atomic E-state index is 14.0. The third-order valence-electron chi connectivity index (χ3n) is 6.12. The summed E-state index contributed by atoms with van der Waals surface area (Å²) in [5.74, 6) is -2.33. The number of likely N-dealkylation sites (tertiary alicyclic amines) is 1. The van der Waals surface area contributed by atoms with Crippen LogP contribution in [-0.2, 0) is 11.2 Å². The number of benzene rings is 3. The van der Waals surface area contributed by atoms with Crippen LogP contribution in [0, 0.1) is 17.6 Å². The van der Waals surface area contributed by atoms with Crippen molar-refractivity contribution in [3.8, 4) is 0 Å². The van der Waals surface area contributed by atoms with E-state index in [1.54, 1.807) is 0 Å². The molecule has 0 radical (unpaired) electrons. The Morgan fingerprint density at radius 2 is 1.55 bits per heavy atom. The number of rotatable bonds is 6. The van der Waals surface area contributed by atoms with Crippen molar-refractivity contribution >= 4 is 11.8 Å². The molecular weight excluding hydrogens is 422 g/mol. The minimum atomic E-state index is -0.869. The van der Waals surface area contributed by atoms with Crippen molar-refractivity contribution in [2.24, 2.45) is 5.92 Å². The van der Waals surface area contributed by atoms with E-state index in [1.807, 2.05) is 60.7 Å². The third kappa shape index (κ3) is 5.64. The van der Waals surface area contributed by atoms with E-state index in [0.717, 1.165) is 17.2 Å². The Balaban J connectivity index is 1.39. The molecule has 6 heteroatoms. The van der Waals surface area contributed by atoms with E-state index in [4.69, 9.17) is 0 Å². The normalized spacial score (nSPS) is 15.2. The van der Waals surface area contributed by atoms with Gasteiger partial charge in [0.25, 0.3) is 5.91 Å². The Kier molecular flexibility index (Phi) is 7.13. The van der Waals surface area contributed by atoms with Gasteiger partial charge >= 0.3 is 0 Å². The molecule has 2 amide bonds. The summed E-state index contributed by atoms with van der Waals surface area (Å²) in [6.45, 7) is 0.699. The number of hydrogen-bond acceptors (Lipinski definition) is 2. The molecule has 33 heavy (non-hydrogen) atoms. The molecule has 0 saturated carbocycles. The van der Waals surface area contributed by atoms with Crippen LogP contribution < -0.4 is 5.32 Å². The number of halogens is 2. The van der Waals surface area contributed by atoms with Gasteiger partial charge in [-0.1, -0.05) is 60.7 Å². The van der Waals surface area contributed by atoms with Gasteiger partial charge in [0.2, 0.25) is 5.91 Å². The smallest absolute Gasteiger partial charge is 0.256 e. The summed E-state index contributed by atoms with van der Waals surface area (Å²) in [7, 11) is 0. The van der Waals surface area contributed by atoms with Crippen molar-refractivity contribution in [3.05, 3.63) is 107 Å². The van der Waals surface area contributed by atoms with Gasteiger partial charge in [-0.25, -0.2) is 8.78 Å². The lowest BCUT2D eigenvalue weighted by Gasteiger charge is -2.32. The number of nitrogens with one attached hydrogen (secondary N) is 1. The number of piperidine rings is 1. The molecule has 0 bridgehead atoms. The number of carbonyl (C=O) groups is 2. The van der Waals surface area contributed by atoms with Gasteiger partial charge in [-0.3, -0.25) is 9.59 Å². The second-order valence-corrected chi connectivity index (χ2v) is 8.35. The van der Waals surface area contributed by atoms with Crippen LogP contribution in [0.15, 0.2) is 78.9 Å². The molecule has 3 aromatic carbocycles. The SMILES string of the molecule is O=C(N[C@@H](Cc1ccccc1)c1ccccc1)C1CCN(C(=O)c2ccc(F)cc2F)CC1. The minimum Gasteiger partial charge on any atom is -0.349 e. The first kappa shape index (κ1) is 22.6. The molecule has 1 N–H and O–H groups in total. The molecule has 1 fully saturated rings. The number of carbonyl (C=O) groups excluding carboxylic acids is 2. The van der Waals surface area contributed by atoms with E-state index in [0.29, 0.717) is 38.4 Å². The summed E-state index contributed by atoms with van der Waals surface area (Å²) in [4.78, 5) is 27.3. The highest BCUT2D eigenvalue weighted by atomic mass is 19.1. The summed E-state index contributed by atoms with van der Waals surface area (Å²) in [6.07, 6.45) is 1.66. The van der Waals surface area contributed by atoms with E-state index < -0.39 is 17.5 Å². The number of amides is 2. The van der Waals surface area contributed by atoms with Crippen molar-refractivity contribution < 1.29 is 18.4 Å². The van der Waals surface area contributed by atoms with Gasteiger partial charge in [-0.2, -0.15) is 0 Å². The average Bonchev–Trinajstić information content (AvgIpc) is 2.84. The highest BCUT2D eigenvalue weighted by Gasteiger charge is 2.30. The molecule has 1 atom stereocenters. The third-order valence-corrected chi connectivity index (χ3v) is 6.12. The first-order valence-corrected chi connectivity index (χ1v) is 11.1. The molecule has 1 aliphatic rings. The Morgan fingerprint density at radius 1 is 0.909 bits per heavy atom. The topological polar surface area (TPSA) is 49.4 Å². The zero-order chi connectivity index (χ0) is 23.2. The lowest BCUT2D eigenvalue weighted by atomic mass is 9.93. The van der Waals surface area contributed by atoms with Crippen LogP contribution in [0.1, 0.15) is 40.4 Å². The average molecular weight is 449 g/mol. The quantitative estimate of drug-likeness (QED) is 0.582. The predicted molar refractivity (Wildman–Crippen MR) is 122 cm³/mol. The van der Waals surface area contributed by atoms with Crippen molar-refractivity contribution in [1.82, 2.24) is 10.2 Å². The van der Waals surface area contributed by atoms with Gasteiger partial charge < -0.3 is 10.2 Å². The van der Waals surface area contributed by atoms with Crippen LogP contribution in [0.5, 0.6) is 0 Å². The van der Waals surface area contributed by atoms with E-state index in [1.165, 1.54) is 11.0 Å². The van der Waals surface area contributed by atoms with Crippen molar-refractivity contribution in [2.75, 3.05) is 13.1 Å². The second-order valence-electron chi connectivity index (χ2n) is 8.35. The Bertz CT molecular complexity index is 1100. The standard InChI is InChI=1S/C27H26F2N2O2/c28-22-11-12-23(24(29)18-22)27(33)31-15-13-21(14-16-31)26(32)30-25(20-9-5-2-6-10-20)17-19-7-3-1-4-8-19/h1-12,18,21,25H,13-17H2,(H,30,32)/t25-/m0/s1. The molecule has 0 aliphatic carbocycles. The van der Waals surface area contributed by atoms with E-state index in [-0.39, 0.29) is 23.4 Å². The highest BCUT2D eigenvalue weighted by Crippen LogP contribution is 2.24. The molecule has 0 spiro atoms. The second kappa shape index (κ2) is 10.4. The largest absolute Gasteiger partial charge is 0.349 e. The number of hydrogen-bond donors (Lipinski definition) is 1. The molecule has 1 aliphatic heterocycles. The molecular formula is C27H26F2N2O2. The van der Waals surface area contributed by atoms with Gasteiger partial charge in [0.1, 0.15) is 11.6 Å². The molecule has 4 rings (SSSR count). The fourth-order valence-electron chi connectivity index (χ4n) is 4.25. The first-order valence-electron chi connectivity index (χ1n) is 11.1. The van der Waals surface area contributed by atoms with Crippen LogP contribution in [0.3, 0.4) is 0 Å². The summed E-state index contributed by atoms with van der Waals surface area (Å²) in [5, 5.41) is 3.20. The van der Waals surface area contributed by atoms with Crippen LogP contribution in [0.25, 0.3) is 0 Å². The zero-order valence-electron chi connectivity index (χ0n) is 18.2. The van der Waals surface area contributed by atoms with E-state index in [2.05, 4.69) is 5.32 Å². The lowest BCUT2D eigenvalue weighted by molar-refractivity contribution is -0.127. The lowest BCUT2D eigenvalue weighted by Crippen LogP contribution is -2.44. The molecule has 4 nitrogen and oxygen atoms in total. The summed E-state index contributed by atoms with van der Waals surface area (Å²) in [5.41, 5.74) is 2.02. The molecule has 1 heterocycles. The van der Waals surface area contributed by atoms with Crippen LogP contribution in [0.4, 0.5) is 8.78 Å². The fraction of sp³-hybridized carbons (Fsp3) is 0.259. The van der Waals surface area contributed by atoms with Crippen LogP contribution in [-0.4, -0.2) is 29.8 Å². The summed E-state index contributed by atoms with van der Waals surface area (Å²) < 4.78 is 27.1. The van der Waals surface area contributed by atoms with Gasteiger partial charge in [-0.15, -0.1) is 0 Å². The van der Waals surface area contributed by atoms with Crippen molar-refractivity contribution in [1.29, 1.82) is 0 Å². The van der Waals surface area contributed by atoms with E-state index >= 15 is 0 Å². The number of nitrogens with zero attached hydrogens (tertiary/aromatic N) is 1. The van der Waals surface area contributed by atoms with Crippen molar-refractivity contribution in [3.63, 3.8) is 0 Å². The van der Waals surface area contributed by atoms with Crippen molar-refractivity contribution in [2.45, 2.75) is 25.3 Å². The first-order chi connectivity index (χ1) is 16.0. The highest BCUT2D eigenvalue weighted by molar-refractivity contribution is 5.94. The maximum atomic E-state index is 14.0. The van der Waals surface area contributed by atoms with Gasteiger partial charge in [0.05, 0.1) is 11.6 Å². The molecule has 0 unspecified atom stereocenters. The van der Waals surface area contributed by atoms with Gasteiger partial charge in [0, 0.05) is 25.1 Å². The van der Waals surface area contributed by atoms with Gasteiger partial charge in [0.15, 0.2) is 0 Å². The molecule has 3 aromatic rings. The Labute approximate surface area is 192 Å². The Hall–Kier alpha value is -3.54. The molecule has 1 saturated heterocycles. The van der Waals surface area contributed by atoms with Gasteiger partial charge in [-0.05, 0) is 42.5 Å². The predicted octanol–water partition coefficient (Wildman–Crippen LogP) is 4.92. The molecule has 0 aromatic heterocycles. The minimum absolute atomic E-state index is 0.0418. The van der Waals surface area contributed by atoms with Crippen LogP contribution in [0.2, 0.25) is 0 Å². The Morgan fingerprint density at radius 3 is 2.18 bits per heavy atom. The zero-order valence-corrected chi connectivity index (χ0v) is 18.2. The summed E-state index contributed by atoms with van der Waals surface area (Å²) in [6, 6.07) is 22.7. The monoisotopic (exact) mass is 448 g/mol. The summed E-state index contributed by atoms with van der Waals surface area (Å²) >= 11 is 0. The fourth-order valence-corrected chi connectivity index (χ4v) is 4.25. The van der Waals surface area contributed by atoms with E-state index in [9.17, 15) is 18.4 Å². The molecule has 170 valence electrons. The van der Waals surface area contributed by atoms with Crippen LogP contribution >= 0.6 is 0 Å².